The third-order valence-corrected chi connectivity index (χ3v) is 4.31. The first-order valence-electron chi connectivity index (χ1n) is 7.83. The highest BCUT2D eigenvalue weighted by Crippen LogP contribution is 2.22. The number of anilines is 1. The summed E-state index contributed by atoms with van der Waals surface area (Å²) in [6, 6.07) is 4.56. The van der Waals surface area contributed by atoms with E-state index in [9.17, 15) is 4.79 Å². The quantitative estimate of drug-likeness (QED) is 0.894. The molecule has 0 aromatic heterocycles. The number of carbonyl (C=O) groups is 1. The van der Waals surface area contributed by atoms with Crippen molar-refractivity contribution >= 4 is 11.6 Å². The molecule has 0 bridgehead atoms. The molecule has 0 radical (unpaired) electrons. The van der Waals surface area contributed by atoms with E-state index in [1.54, 1.807) is 0 Å². The van der Waals surface area contributed by atoms with Crippen LogP contribution in [0.3, 0.4) is 0 Å². The van der Waals surface area contributed by atoms with E-state index in [0.29, 0.717) is 19.1 Å². The Balaban J connectivity index is 2.01. The molecule has 4 nitrogen and oxygen atoms in total. The first-order valence-corrected chi connectivity index (χ1v) is 7.83. The molecule has 1 amide bonds. The van der Waals surface area contributed by atoms with Gasteiger partial charge in [0.2, 0.25) is 5.91 Å². The summed E-state index contributed by atoms with van der Waals surface area (Å²) in [5.74, 6) is 0.0606. The van der Waals surface area contributed by atoms with Crippen molar-refractivity contribution in [2.24, 2.45) is 5.73 Å². The Morgan fingerprint density at radius 2 is 1.95 bits per heavy atom. The number of aryl methyl sites for hydroxylation is 3. The minimum atomic E-state index is 0.0606. The Bertz CT molecular complexity index is 490. The van der Waals surface area contributed by atoms with Crippen LogP contribution >= 0.6 is 0 Å². The lowest BCUT2D eigenvalue weighted by Crippen LogP contribution is -2.47. The van der Waals surface area contributed by atoms with Crippen LogP contribution < -0.4 is 11.1 Å². The van der Waals surface area contributed by atoms with Crippen LogP contribution in [0.4, 0.5) is 5.69 Å². The summed E-state index contributed by atoms with van der Waals surface area (Å²) in [7, 11) is 0. The largest absolute Gasteiger partial charge is 0.329 e. The average molecular weight is 289 g/mol. The van der Waals surface area contributed by atoms with Crippen LogP contribution in [-0.4, -0.2) is 36.5 Å². The summed E-state index contributed by atoms with van der Waals surface area (Å²) < 4.78 is 0. The Hall–Kier alpha value is -1.39. The molecule has 0 aliphatic carbocycles. The summed E-state index contributed by atoms with van der Waals surface area (Å²) >= 11 is 0. The average Bonchev–Trinajstić information content (AvgIpc) is 2.43. The minimum Gasteiger partial charge on any atom is -0.329 e. The van der Waals surface area contributed by atoms with Gasteiger partial charge < -0.3 is 11.1 Å². The maximum atomic E-state index is 12.3. The second-order valence-electron chi connectivity index (χ2n) is 6.18. The molecule has 1 aromatic carbocycles. The number of amides is 1. The molecule has 1 saturated heterocycles. The predicted octanol–water partition coefficient (Wildman–Crippen LogP) is 2.36. The maximum absolute atomic E-state index is 12.3. The second-order valence-corrected chi connectivity index (χ2v) is 6.18. The first kappa shape index (κ1) is 16.0. The zero-order valence-electron chi connectivity index (χ0n) is 13.4. The third-order valence-electron chi connectivity index (χ3n) is 4.31. The molecule has 1 aliphatic heterocycles. The number of benzene rings is 1. The standard InChI is InChI=1S/C17H27N3O/c1-12-8-13(2)17(14(3)9-12)19-16(21)11-20-7-5-4-6-15(20)10-18/h8-9,15H,4-7,10-11,18H2,1-3H3,(H,19,21). The highest BCUT2D eigenvalue weighted by atomic mass is 16.2. The van der Waals surface area contributed by atoms with Gasteiger partial charge in [-0.05, 0) is 51.3 Å². The van der Waals surface area contributed by atoms with Gasteiger partial charge >= 0.3 is 0 Å². The van der Waals surface area contributed by atoms with Crippen molar-refractivity contribution < 1.29 is 4.79 Å². The van der Waals surface area contributed by atoms with Gasteiger partial charge in [-0.2, -0.15) is 0 Å². The molecule has 116 valence electrons. The molecule has 21 heavy (non-hydrogen) atoms. The van der Waals surface area contributed by atoms with Gasteiger partial charge in [0, 0.05) is 18.3 Å². The molecule has 1 fully saturated rings. The van der Waals surface area contributed by atoms with Crippen LogP contribution in [0.2, 0.25) is 0 Å². The lowest BCUT2D eigenvalue weighted by Gasteiger charge is -2.34. The molecule has 0 spiro atoms. The van der Waals surface area contributed by atoms with Crippen molar-refractivity contribution in [2.75, 3.05) is 25.0 Å². The predicted molar refractivity (Wildman–Crippen MR) is 87.5 cm³/mol. The lowest BCUT2D eigenvalue weighted by molar-refractivity contribution is -0.118. The van der Waals surface area contributed by atoms with E-state index in [2.05, 4.69) is 29.3 Å². The highest BCUT2D eigenvalue weighted by molar-refractivity contribution is 5.93. The van der Waals surface area contributed by atoms with Gasteiger partial charge in [0.1, 0.15) is 0 Å². The van der Waals surface area contributed by atoms with Gasteiger partial charge in [-0.25, -0.2) is 0 Å². The molecule has 1 aliphatic rings. The second kappa shape index (κ2) is 7.05. The number of nitrogens with zero attached hydrogens (tertiary/aromatic N) is 1. The van der Waals surface area contributed by atoms with E-state index in [1.807, 2.05) is 13.8 Å². The third kappa shape index (κ3) is 4.05. The number of hydrogen-bond donors (Lipinski definition) is 2. The fourth-order valence-corrected chi connectivity index (χ4v) is 3.28. The van der Waals surface area contributed by atoms with E-state index in [0.717, 1.165) is 36.2 Å². The highest BCUT2D eigenvalue weighted by Gasteiger charge is 2.23. The number of carbonyl (C=O) groups excluding carboxylic acids is 1. The normalized spacial score (nSPS) is 19.5. The van der Waals surface area contributed by atoms with Crippen LogP contribution in [0.1, 0.15) is 36.0 Å². The topological polar surface area (TPSA) is 58.4 Å². The van der Waals surface area contributed by atoms with Crippen molar-refractivity contribution in [1.82, 2.24) is 4.90 Å². The molecule has 4 heteroatoms. The van der Waals surface area contributed by atoms with Crippen molar-refractivity contribution in [1.29, 1.82) is 0 Å². The minimum absolute atomic E-state index is 0.0606. The molecular weight excluding hydrogens is 262 g/mol. The smallest absolute Gasteiger partial charge is 0.238 e. The number of hydrogen-bond acceptors (Lipinski definition) is 3. The van der Waals surface area contributed by atoms with E-state index in [4.69, 9.17) is 5.73 Å². The summed E-state index contributed by atoms with van der Waals surface area (Å²) in [6.07, 6.45) is 3.48. The maximum Gasteiger partial charge on any atom is 0.238 e. The van der Waals surface area contributed by atoms with Crippen molar-refractivity contribution in [3.8, 4) is 0 Å². The van der Waals surface area contributed by atoms with Crippen LogP contribution in [-0.2, 0) is 4.79 Å². The number of likely N-dealkylation sites (tertiary alicyclic amines) is 1. The number of nitrogens with one attached hydrogen (secondary N) is 1. The lowest BCUT2D eigenvalue weighted by atomic mass is 10.0. The van der Waals surface area contributed by atoms with Gasteiger partial charge in [0.25, 0.3) is 0 Å². The Morgan fingerprint density at radius 1 is 1.29 bits per heavy atom. The van der Waals surface area contributed by atoms with Crippen LogP contribution in [0.25, 0.3) is 0 Å². The van der Waals surface area contributed by atoms with Crippen LogP contribution in [0.5, 0.6) is 0 Å². The molecule has 1 unspecified atom stereocenters. The van der Waals surface area contributed by atoms with Gasteiger partial charge in [-0.3, -0.25) is 9.69 Å². The zero-order chi connectivity index (χ0) is 15.4. The van der Waals surface area contributed by atoms with E-state index in [1.165, 1.54) is 12.0 Å². The molecule has 3 N–H and O–H groups in total. The molecule has 0 saturated carbocycles. The fourth-order valence-electron chi connectivity index (χ4n) is 3.28. The molecule has 1 aromatic rings. The van der Waals surface area contributed by atoms with Gasteiger partial charge in [0.15, 0.2) is 0 Å². The Labute approximate surface area is 127 Å². The van der Waals surface area contributed by atoms with Crippen molar-refractivity contribution in [2.45, 2.75) is 46.1 Å². The van der Waals surface area contributed by atoms with Gasteiger partial charge in [-0.15, -0.1) is 0 Å². The summed E-state index contributed by atoms with van der Waals surface area (Å²) in [5.41, 5.74) is 10.2. The summed E-state index contributed by atoms with van der Waals surface area (Å²) in [4.78, 5) is 14.6. The fraction of sp³-hybridized carbons (Fsp3) is 0.588. The van der Waals surface area contributed by atoms with E-state index in [-0.39, 0.29) is 5.91 Å². The summed E-state index contributed by atoms with van der Waals surface area (Å²) in [5, 5.41) is 3.08. The molecule has 1 atom stereocenters. The first-order chi connectivity index (χ1) is 10.0. The number of rotatable bonds is 4. The van der Waals surface area contributed by atoms with Gasteiger partial charge in [0.05, 0.1) is 6.54 Å². The monoisotopic (exact) mass is 289 g/mol. The molecular formula is C17H27N3O. The number of piperidine rings is 1. The Kier molecular flexibility index (Phi) is 5.37. The number of nitrogens with two attached hydrogens (primary N) is 1. The molecule has 1 heterocycles. The van der Waals surface area contributed by atoms with E-state index >= 15 is 0 Å². The van der Waals surface area contributed by atoms with Crippen LogP contribution in [0.15, 0.2) is 12.1 Å². The van der Waals surface area contributed by atoms with E-state index < -0.39 is 0 Å². The van der Waals surface area contributed by atoms with Crippen molar-refractivity contribution in [3.05, 3.63) is 28.8 Å². The van der Waals surface area contributed by atoms with Crippen molar-refractivity contribution in [3.63, 3.8) is 0 Å². The SMILES string of the molecule is Cc1cc(C)c(NC(=O)CN2CCCCC2CN)c(C)c1. The molecule has 2 rings (SSSR count). The zero-order valence-corrected chi connectivity index (χ0v) is 13.4. The van der Waals surface area contributed by atoms with Gasteiger partial charge in [-0.1, -0.05) is 24.1 Å². The van der Waals surface area contributed by atoms with Crippen LogP contribution in [0, 0.1) is 20.8 Å². The summed E-state index contributed by atoms with van der Waals surface area (Å²) in [6.45, 7) is 8.20. The Morgan fingerprint density at radius 3 is 2.57 bits per heavy atom.